The molecule has 4 N–H and O–H groups in total. The predicted octanol–water partition coefficient (Wildman–Crippen LogP) is 13.7. The molecular formula is C73H96Cl3N15O4. The Labute approximate surface area is 578 Å². The molecule has 0 saturated carbocycles. The zero-order valence-electron chi connectivity index (χ0n) is 57.9. The van der Waals surface area contributed by atoms with Gasteiger partial charge in [-0.2, -0.15) is 0 Å². The number of nitrogens with zero attached hydrogens (tertiary/aromatic N) is 12. The van der Waals surface area contributed by atoms with Crippen LogP contribution < -0.4 is 26.2 Å². The van der Waals surface area contributed by atoms with Gasteiger partial charge >= 0.3 is 12.2 Å². The quantitative estimate of drug-likeness (QED) is 0.0732. The van der Waals surface area contributed by atoms with Crippen LogP contribution >= 0.6 is 34.8 Å². The third kappa shape index (κ3) is 29.2. The number of aryl methyl sites for hydroxylation is 8. The third-order valence-corrected chi connectivity index (χ3v) is 15.0. The van der Waals surface area contributed by atoms with Crippen LogP contribution in [-0.4, -0.2) is 152 Å². The van der Waals surface area contributed by atoms with Crippen molar-refractivity contribution >= 4 is 64.6 Å². The maximum Gasteiger partial charge on any atom is 0.410 e. The molecular weight excluding hydrogens is 1260 g/mol. The Morgan fingerprint density at radius 3 is 1.07 bits per heavy atom. The van der Waals surface area contributed by atoms with Crippen molar-refractivity contribution in [2.75, 3.05) is 94.1 Å². The molecule has 2 amide bonds. The van der Waals surface area contributed by atoms with Gasteiger partial charge in [-0.15, -0.1) is 0 Å². The van der Waals surface area contributed by atoms with Gasteiger partial charge in [-0.3, -0.25) is 0 Å². The Morgan fingerprint density at radius 1 is 0.411 bits per heavy atom. The molecule has 7 heterocycles. The summed E-state index contributed by atoms with van der Waals surface area (Å²) < 4.78 is 10.7. The van der Waals surface area contributed by atoms with Crippen LogP contribution in [-0.2, 0) is 28.7 Å². The van der Waals surface area contributed by atoms with E-state index in [1.54, 1.807) is 22.8 Å². The van der Waals surface area contributed by atoms with Crippen LogP contribution in [0.1, 0.15) is 120 Å². The summed E-state index contributed by atoms with van der Waals surface area (Å²) in [4.78, 5) is 66.1. The SMILES string of the molecule is CC(C)(C)OC(=O)N1CCNCC1.Cc1cc(Cl)nc(Cl)n1.Cc1ccc(Cc2cc(C)nc(Cl)n2)cc1.Cc1ccc(Cc2cc(C)nc(N3CCN(C(=O)OC(C)(C)C)CC3)n2)cc1.Cc1ccc(Cc2cc(C)nc(N3CCNCC3)n2)cc1.Cc1ccc(N)cc1. The van der Waals surface area contributed by atoms with E-state index in [4.69, 9.17) is 60.0 Å². The molecule has 4 aromatic heterocycles. The Hall–Kier alpha value is -8.07. The van der Waals surface area contributed by atoms with Crippen molar-refractivity contribution in [1.82, 2.24) is 60.3 Å². The topological polar surface area (TPSA) is 219 Å². The number of rotatable bonds is 8. The van der Waals surface area contributed by atoms with Gasteiger partial charge in [0.15, 0.2) is 0 Å². The predicted molar refractivity (Wildman–Crippen MR) is 385 cm³/mol. The van der Waals surface area contributed by atoms with Gasteiger partial charge in [-0.1, -0.05) is 119 Å². The van der Waals surface area contributed by atoms with Gasteiger partial charge < -0.3 is 45.4 Å². The minimum Gasteiger partial charge on any atom is -0.444 e. The molecule has 3 saturated heterocycles. The highest BCUT2D eigenvalue weighted by Gasteiger charge is 2.28. The van der Waals surface area contributed by atoms with E-state index >= 15 is 0 Å². The maximum atomic E-state index is 12.2. The van der Waals surface area contributed by atoms with E-state index in [1.807, 2.05) is 106 Å². The second-order valence-electron chi connectivity index (χ2n) is 25.8. The second kappa shape index (κ2) is 37.3. The van der Waals surface area contributed by atoms with E-state index in [0.29, 0.717) is 36.6 Å². The first-order valence-electron chi connectivity index (χ1n) is 32.2. The molecule has 0 spiro atoms. The molecule has 508 valence electrons. The van der Waals surface area contributed by atoms with Gasteiger partial charge in [-0.05, 0) is 173 Å². The molecule has 4 aromatic carbocycles. The number of benzene rings is 4. The fourth-order valence-corrected chi connectivity index (χ4v) is 10.4. The van der Waals surface area contributed by atoms with E-state index in [9.17, 15) is 9.59 Å². The minimum absolute atomic E-state index is 0.194. The summed E-state index contributed by atoms with van der Waals surface area (Å²) in [6, 6.07) is 41.2. The first-order chi connectivity index (χ1) is 45.0. The van der Waals surface area contributed by atoms with Crippen LogP contribution in [0.15, 0.2) is 121 Å². The summed E-state index contributed by atoms with van der Waals surface area (Å²) in [5, 5.41) is 7.44. The summed E-state index contributed by atoms with van der Waals surface area (Å²) >= 11 is 16.8. The number of hydrogen-bond donors (Lipinski definition) is 3. The largest absolute Gasteiger partial charge is 0.444 e. The molecule has 95 heavy (non-hydrogen) atoms. The number of carbonyl (C=O) groups excluding carboxylic acids is 2. The number of anilines is 3. The van der Waals surface area contributed by atoms with Crippen LogP contribution in [0.3, 0.4) is 0 Å². The van der Waals surface area contributed by atoms with Crippen molar-refractivity contribution in [3.63, 3.8) is 0 Å². The number of nitrogens with one attached hydrogen (secondary N) is 2. The van der Waals surface area contributed by atoms with Gasteiger partial charge in [0.05, 0.1) is 11.4 Å². The van der Waals surface area contributed by atoms with Gasteiger partial charge in [0.25, 0.3) is 0 Å². The van der Waals surface area contributed by atoms with Crippen molar-refractivity contribution in [1.29, 1.82) is 0 Å². The van der Waals surface area contributed by atoms with Gasteiger partial charge in [0.1, 0.15) is 16.4 Å². The standard InChI is InChI=1S/C22H30N4O2.C17H22N4.C13H13ClN2.C9H18N2O2.C7H9N.C5H4Cl2N2/c1-16-6-8-18(9-7-16)15-19-14-17(2)23-20(24-19)25-10-12-26(13-11-25)21(27)28-22(3,4)5;1-13-3-5-15(6-4-13)12-16-11-14(2)19-17(20-16)21-9-7-18-8-10-21;1-9-3-5-11(6-4-9)8-12-7-10(2)15-13(14)16-12;1-9(2,3)13-8(12)11-6-4-10-5-7-11;1-6-2-4-7(8)5-3-6;1-3-2-4(6)9-5(7)8-3/h6-9,14H,10-13,15H2,1-5H3;3-6,11,18H,7-10,12H2,1-2H3;3-7H,8H2,1-2H3;10H,4-7H2,1-3H3;2-5H,8H2,1H3;2H,1H3. The van der Waals surface area contributed by atoms with Crippen LogP contribution in [0.25, 0.3) is 0 Å². The Bertz CT molecular complexity index is 3570. The zero-order valence-corrected chi connectivity index (χ0v) is 60.1. The number of carbonyl (C=O) groups is 2. The molecule has 8 aromatic rings. The number of amides is 2. The highest BCUT2D eigenvalue weighted by Crippen LogP contribution is 2.20. The highest BCUT2D eigenvalue weighted by atomic mass is 35.5. The smallest absolute Gasteiger partial charge is 0.410 e. The molecule has 3 aliphatic rings. The van der Waals surface area contributed by atoms with Crippen LogP contribution in [0.5, 0.6) is 0 Å². The third-order valence-electron chi connectivity index (χ3n) is 14.4. The molecule has 11 rings (SSSR count). The number of nitrogens with two attached hydrogens (primary N) is 1. The summed E-state index contributed by atoms with van der Waals surface area (Å²) in [5.74, 6) is 1.62. The lowest BCUT2D eigenvalue weighted by Crippen LogP contribution is -2.50. The monoisotopic (exact) mass is 1350 g/mol. The fraction of sp³-hybridized carbons (Fsp3) is 0.425. The summed E-state index contributed by atoms with van der Waals surface area (Å²) in [6.07, 6.45) is 1.99. The van der Waals surface area contributed by atoms with Crippen LogP contribution in [0.4, 0.5) is 27.2 Å². The summed E-state index contributed by atoms with van der Waals surface area (Å²) in [5.41, 5.74) is 21.0. The number of halogens is 3. The Balaban J connectivity index is 0.000000190. The molecule has 0 aliphatic carbocycles. The normalized spacial score (nSPS) is 13.7. The number of ether oxygens (including phenoxy) is 2. The van der Waals surface area contributed by atoms with Crippen molar-refractivity contribution in [2.45, 2.75) is 127 Å². The maximum absolute atomic E-state index is 12.2. The molecule has 22 heteroatoms. The molecule has 0 bridgehead atoms. The van der Waals surface area contributed by atoms with E-state index in [0.717, 1.165) is 129 Å². The fourth-order valence-electron chi connectivity index (χ4n) is 9.64. The van der Waals surface area contributed by atoms with Crippen LogP contribution in [0.2, 0.25) is 15.7 Å². The van der Waals surface area contributed by atoms with Gasteiger partial charge in [0, 0.05) is 132 Å². The minimum atomic E-state index is -0.473. The van der Waals surface area contributed by atoms with E-state index in [1.165, 1.54) is 38.9 Å². The average molecular weight is 1350 g/mol. The van der Waals surface area contributed by atoms with Crippen molar-refractivity contribution in [3.8, 4) is 0 Å². The molecule has 0 atom stereocenters. The summed E-state index contributed by atoms with van der Waals surface area (Å²) in [6.45, 7) is 37.2. The van der Waals surface area contributed by atoms with E-state index in [2.05, 4.69) is 150 Å². The number of nitrogen functional groups attached to an aromatic ring is 1. The Morgan fingerprint density at radius 2 is 0.726 bits per heavy atom. The van der Waals surface area contributed by atoms with Crippen molar-refractivity contribution in [2.24, 2.45) is 0 Å². The lowest BCUT2D eigenvalue weighted by molar-refractivity contribution is 0.0223. The first-order valence-corrected chi connectivity index (χ1v) is 33.3. The van der Waals surface area contributed by atoms with Crippen LogP contribution in [0, 0.1) is 55.4 Å². The number of hydrogen-bond acceptors (Lipinski definition) is 17. The molecule has 0 unspecified atom stereocenters. The van der Waals surface area contributed by atoms with Crippen molar-refractivity contribution in [3.05, 3.63) is 216 Å². The van der Waals surface area contributed by atoms with E-state index in [-0.39, 0.29) is 23.1 Å². The number of aromatic nitrogens is 8. The lowest BCUT2D eigenvalue weighted by Gasteiger charge is -2.35. The molecule has 0 radical (unpaired) electrons. The lowest BCUT2D eigenvalue weighted by atomic mass is 10.1. The molecule has 19 nitrogen and oxygen atoms in total. The average Bonchev–Trinajstić information content (AvgIpc) is 0.887. The van der Waals surface area contributed by atoms with Gasteiger partial charge in [-0.25, -0.2) is 49.5 Å². The first kappa shape index (κ1) is 76.0. The number of piperazine rings is 3. The molecule has 3 fully saturated rings. The molecule has 3 aliphatic heterocycles. The Kier molecular flexibility index (Phi) is 29.8. The second-order valence-corrected chi connectivity index (χ2v) is 26.8. The highest BCUT2D eigenvalue weighted by molar-refractivity contribution is 6.31. The van der Waals surface area contributed by atoms with Gasteiger partial charge in [0.2, 0.25) is 22.5 Å². The van der Waals surface area contributed by atoms with Crippen molar-refractivity contribution < 1.29 is 19.1 Å². The summed E-state index contributed by atoms with van der Waals surface area (Å²) in [7, 11) is 0. The van der Waals surface area contributed by atoms with E-state index < -0.39 is 5.60 Å². The zero-order chi connectivity index (χ0) is 69.2.